The first-order chi connectivity index (χ1) is 18.0. The minimum absolute atomic E-state index is 0.119. The first-order valence-electron chi connectivity index (χ1n) is 13.6. The lowest BCUT2D eigenvalue weighted by atomic mass is 9.52. The molecule has 12 heteroatoms. The average molecular weight is 582 g/mol. The molecule has 7 rings (SSSR count). The zero-order valence-corrected chi connectivity index (χ0v) is 24.2. The molecule has 4 aliphatic carbocycles. The monoisotopic (exact) mass is 581 g/mol. The number of carbonyl (C=O) groups excluding carboxylic acids is 1. The van der Waals surface area contributed by atoms with Crippen molar-refractivity contribution in [3.05, 3.63) is 27.7 Å². The van der Waals surface area contributed by atoms with E-state index in [2.05, 4.69) is 20.0 Å². The van der Waals surface area contributed by atoms with Gasteiger partial charge in [0.15, 0.2) is 5.69 Å². The maximum atomic E-state index is 13.4. The summed E-state index contributed by atoms with van der Waals surface area (Å²) in [5.74, 6) is 2.37. The van der Waals surface area contributed by atoms with E-state index < -0.39 is 15.6 Å². The Morgan fingerprint density at radius 1 is 1.21 bits per heavy atom. The average Bonchev–Trinajstić information content (AvgIpc) is 3.42. The van der Waals surface area contributed by atoms with Gasteiger partial charge < -0.3 is 15.3 Å². The molecule has 3 N–H and O–H groups in total. The molecular formula is C26H36ClN5O4S2. The third-order valence-electron chi connectivity index (χ3n) is 9.29. The zero-order chi connectivity index (χ0) is 26.8. The Bertz CT molecular complexity index is 1320. The second-order valence-electron chi connectivity index (χ2n) is 12.0. The lowest BCUT2D eigenvalue weighted by Crippen LogP contribution is -2.61. The van der Waals surface area contributed by atoms with Crippen LogP contribution in [0.5, 0.6) is 0 Å². The molecule has 38 heavy (non-hydrogen) atoms. The lowest BCUT2D eigenvalue weighted by Gasteiger charge is -2.58. The van der Waals surface area contributed by atoms with Crippen LogP contribution >= 0.6 is 22.9 Å². The minimum Gasteiger partial charge on any atom is -0.390 e. The number of hydrogen-bond donors (Lipinski definition) is 3. The van der Waals surface area contributed by atoms with Crippen LogP contribution in [0.3, 0.4) is 0 Å². The Kier molecular flexibility index (Phi) is 6.82. The quantitative estimate of drug-likeness (QED) is 0.462. The molecule has 9 nitrogen and oxygen atoms in total. The van der Waals surface area contributed by atoms with E-state index in [0.29, 0.717) is 34.3 Å². The molecule has 4 bridgehead atoms. The summed E-state index contributed by atoms with van der Waals surface area (Å²) in [6.07, 6.45) is 6.40. The molecule has 2 unspecified atom stereocenters. The third-order valence-corrected chi connectivity index (χ3v) is 12.4. The van der Waals surface area contributed by atoms with E-state index >= 15 is 0 Å². The summed E-state index contributed by atoms with van der Waals surface area (Å²) in [4.78, 5) is 15.6. The number of nitrogens with one attached hydrogen (secondary N) is 2. The zero-order valence-electron chi connectivity index (χ0n) is 21.8. The summed E-state index contributed by atoms with van der Waals surface area (Å²) in [6, 6.07) is 3.24. The van der Waals surface area contributed by atoms with Crippen molar-refractivity contribution < 1.29 is 18.3 Å². The van der Waals surface area contributed by atoms with Crippen molar-refractivity contribution in [2.45, 2.75) is 67.7 Å². The van der Waals surface area contributed by atoms with E-state index in [1.54, 1.807) is 10.7 Å². The van der Waals surface area contributed by atoms with Gasteiger partial charge in [0.2, 0.25) is 10.0 Å². The molecule has 1 aliphatic heterocycles. The molecule has 3 heterocycles. The topological polar surface area (TPSA) is 117 Å². The van der Waals surface area contributed by atoms with E-state index in [1.165, 1.54) is 6.07 Å². The summed E-state index contributed by atoms with van der Waals surface area (Å²) >= 11 is 6.96. The molecule has 0 aromatic carbocycles. The van der Waals surface area contributed by atoms with Gasteiger partial charge in [-0.2, -0.15) is 5.10 Å². The van der Waals surface area contributed by atoms with Crippen molar-refractivity contribution in [1.29, 1.82) is 0 Å². The molecule has 5 fully saturated rings. The van der Waals surface area contributed by atoms with Crippen molar-refractivity contribution in [3.8, 4) is 0 Å². The van der Waals surface area contributed by atoms with Gasteiger partial charge in [0.05, 0.1) is 9.94 Å². The van der Waals surface area contributed by atoms with Crippen LogP contribution in [-0.4, -0.2) is 60.5 Å². The number of aliphatic hydroxyl groups is 1. The third kappa shape index (κ3) is 4.89. The van der Waals surface area contributed by atoms with Gasteiger partial charge in [0.25, 0.3) is 5.91 Å². The summed E-state index contributed by atoms with van der Waals surface area (Å²) < 4.78 is 30.3. The van der Waals surface area contributed by atoms with Crippen molar-refractivity contribution in [2.75, 3.05) is 24.5 Å². The highest BCUT2D eigenvalue weighted by Crippen LogP contribution is 2.55. The molecule has 2 aromatic heterocycles. The molecule has 208 valence electrons. The van der Waals surface area contributed by atoms with Gasteiger partial charge in [0, 0.05) is 38.3 Å². The molecule has 5 aliphatic rings. The number of sulfonamides is 1. The maximum absolute atomic E-state index is 13.4. The van der Waals surface area contributed by atoms with E-state index in [9.17, 15) is 18.3 Å². The molecule has 2 aromatic rings. The number of aromatic nitrogens is 2. The lowest BCUT2D eigenvalue weighted by molar-refractivity contribution is -0.136. The Labute approximate surface area is 233 Å². The van der Waals surface area contributed by atoms with Gasteiger partial charge >= 0.3 is 0 Å². The van der Waals surface area contributed by atoms with Crippen LogP contribution in [0.4, 0.5) is 5.82 Å². The van der Waals surface area contributed by atoms with Crippen LogP contribution < -0.4 is 14.9 Å². The summed E-state index contributed by atoms with van der Waals surface area (Å²) in [5.41, 5.74) is 0.829. The molecule has 2 atom stereocenters. The highest BCUT2D eigenvalue weighted by atomic mass is 35.5. The summed E-state index contributed by atoms with van der Waals surface area (Å²) in [7, 11) is -1.67. The van der Waals surface area contributed by atoms with Gasteiger partial charge in [-0.05, 0) is 87.7 Å². The highest BCUT2D eigenvalue weighted by Gasteiger charge is 2.55. The van der Waals surface area contributed by atoms with Crippen LogP contribution in [0, 0.1) is 30.6 Å². The first-order valence-corrected chi connectivity index (χ1v) is 16.3. The summed E-state index contributed by atoms with van der Waals surface area (Å²) in [6.45, 7) is 3.89. The van der Waals surface area contributed by atoms with Crippen molar-refractivity contribution in [1.82, 2.24) is 19.8 Å². The Balaban J connectivity index is 1.07. The number of hydrogen-bond acceptors (Lipinski definition) is 7. The number of carbonyl (C=O) groups is 1. The normalized spacial score (nSPS) is 31.2. The molecule has 0 spiro atoms. The minimum atomic E-state index is -3.55. The van der Waals surface area contributed by atoms with Crippen molar-refractivity contribution in [3.63, 3.8) is 0 Å². The fraction of sp³-hybridized carbons (Fsp3) is 0.692. The number of amides is 1. The number of aryl methyl sites for hydroxylation is 1. The van der Waals surface area contributed by atoms with E-state index in [4.69, 9.17) is 11.6 Å². The second kappa shape index (κ2) is 9.76. The standard InChI is InChI=1S/C26H36ClN5O4S2/c1-15-22(24(33)29-23-18-9-17-10-19(23)13-26(34,11-17)12-18)30-31(2)25(15)32-7-5-16(6-8-32)14-28-38(35,36)21-4-3-20(27)37-21/h3-4,16-19,23,28,34H,5-14H2,1-2H3,(H,29,33). The van der Waals surface area contributed by atoms with Crippen LogP contribution in [0.2, 0.25) is 4.34 Å². The molecule has 4 saturated carbocycles. The molecule has 1 amide bonds. The highest BCUT2D eigenvalue weighted by molar-refractivity contribution is 7.91. The SMILES string of the molecule is Cc1c(C(=O)NC2C3CC4CC2CC(O)(C4)C3)nn(C)c1N1CCC(CNS(=O)(=O)c2ccc(Cl)s2)CC1. The smallest absolute Gasteiger partial charge is 0.272 e. The number of nitrogens with zero attached hydrogens (tertiary/aromatic N) is 3. The predicted molar refractivity (Wildman–Crippen MR) is 147 cm³/mol. The van der Waals surface area contributed by atoms with E-state index in [1.807, 2.05) is 14.0 Å². The fourth-order valence-corrected chi connectivity index (χ4v) is 10.4. The van der Waals surface area contributed by atoms with Crippen LogP contribution in [-0.2, 0) is 17.1 Å². The predicted octanol–water partition coefficient (Wildman–Crippen LogP) is 3.31. The maximum Gasteiger partial charge on any atom is 0.272 e. The number of anilines is 1. The molecular weight excluding hydrogens is 546 g/mol. The van der Waals surface area contributed by atoms with Gasteiger partial charge in [-0.25, -0.2) is 13.1 Å². The van der Waals surface area contributed by atoms with Gasteiger partial charge in [-0.3, -0.25) is 9.48 Å². The van der Waals surface area contributed by atoms with Crippen LogP contribution in [0.1, 0.15) is 61.0 Å². The fourth-order valence-electron chi connectivity index (χ4n) is 7.81. The molecule has 1 saturated heterocycles. The summed E-state index contributed by atoms with van der Waals surface area (Å²) in [5, 5.41) is 18.8. The van der Waals surface area contributed by atoms with Gasteiger partial charge in [-0.15, -0.1) is 11.3 Å². The Morgan fingerprint density at radius 3 is 2.50 bits per heavy atom. The largest absolute Gasteiger partial charge is 0.390 e. The van der Waals surface area contributed by atoms with Gasteiger partial charge in [0.1, 0.15) is 10.0 Å². The second-order valence-corrected chi connectivity index (χ2v) is 15.7. The van der Waals surface area contributed by atoms with Crippen LogP contribution in [0.25, 0.3) is 0 Å². The van der Waals surface area contributed by atoms with Crippen molar-refractivity contribution >= 4 is 44.7 Å². The number of piperidine rings is 1. The van der Waals surface area contributed by atoms with Crippen molar-refractivity contribution in [2.24, 2.45) is 30.7 Å². The first kappa shape index (κ1) is 26.6. The van der Waals surface area contributed by atoms with Gasteiger partial charge in [-0.1, -0.05) is 11.6 Å². The number of halogens is 1. The van der Waals surface area contributed by atoms with E-state index in [0.717, 1.165) is 80.8 Å². The van der Waals surface area contributed by atoms with E-state index in [-0.39, 0.29) is 22.1 Å². The number of rotatable bonds is 7. The molecule has 0 radical (unpaired) electrons. The van der Waals surface area contributed by atoms with Crippen LogP contribution in [0.15, 0.2) is 16.3 Å². The Hall–Kier alpha value is -1.66. The number of thiophene rings is 1. The Morgan fingerprint density at radius 2 is 1.89 bits per heavy atom.